The summed E-state index contributed by atoms with van der Waals surface area (Å²) in [5.41, 5.74) is 3.79. The van der Waals surface area contributed by atoms with Crippen LogP contribution < -0.4 is 9.47 Å². The Bertz CT molecular complexity index is 1080. The molecular weight excluding hydrogens is 402 g/mol. The lowest BCUT2D eigenvalue weighted by molar-refractivity contribution is -0.132. The van der Waals surface area contributed by atoms with Crippen molar-refractivity contribution in [2.24, 2.45) is 0 Å². The van der Waals surface area contributed by atoms with Gasteiger partial charge < -0.3 is 14.4 Å². The monoisotopic (exact) mass is 429 g/mol. The van der Waals surface area contributed by atoms with E-state index in [1.807, 2.05) is 29.2 Å². The summed E-state index contributed by atoms with van der Waals surface area (Å²) in [5, 5.41) is 9.01. The Morgan fingerprint density at radius 2 is 1.94 bits per heavy atom. The van der Waals surface area contributed by atoms with Crippen LogP contribution in [0.5, 0.6) is 11.5 Å². The number of aromatic nitrogens is 1. The Balaban J connectivity index is 1.61. The van der Waals surface area contributed by atoms with E-state index in [-0.39, 0.29) is 5.91 Å². The molecule has 0 aliphatic rings. The van der Waals surface area contributed by atoms with Crippen molar-refractivity contribution < 1.29 is 14.3 Å². The molecule has 32 heavy (non-hydrogen) atoms. The summed E-state index contributed by atoms with van der Waals surface area (Å²) in [5.74, 6) is 1.13. The first-order valence-corrected chi connectivity index (χ1v) is 10.5. The van der Waals surface area contributed by atoms with Crippen LogP contribution in [0, 0.1) is 18.3 Å². The number of aryl methyl sites for hydroxylation is 1. The van der Waals surface area contributed by atoms with E-state index in [1.165, 1.54) is 7.11 Å². The number of hydrogen-bond donors (Lipinski definition) is 0. The molecule has 0 spiro atoms. The van der Waals surface area contributed by atoms with E-state index in [0.717, 1.165) is 16.7 Å². The van der Waals surface area contributed by atoms with Gasteiger partial charge in [-0.3, -0.25) is 9.78 Å². The summed E-state index contributed by atoms with van der Waals surface area (Å²) in [6.45, 7) is 3.48. The van der Waals surface area contributed by atoms with Crippen molar-refractivity contribution in [1.29, 1.82) is 5.26 Å². The van der Waals surface area contributed by atoms with E-state index in [1.54, 1.807) is 30.6 Å². The third-order valence-corrected chi connectivity index (χ3v) is 5.16. The highest BCUT2D eigenvalue weighted by molar-refractivity contribution is 5.76. The quantitative estimate of drug-likeness (QED) is 0.438. The van der Waals surface area contributed by atoms with Crippen molar-refractivity contribution in [2.45, 2.75) is 32.9 Å². The van der Waals surface area contributed by atoms with Gasteiger partial charge in [0.05, 0.1) is 25.3 Å². The Labute approximate surface area is 189 Å². The topological polar surface area (TPSA) is 75.5 Å². The Hall–Kier alpha value is -3.85. The van der Waals surface area contributed by atoms with Crippen LogP contribution in [0.3, 0.4) is 0 Å². The Morgan fingerprint density at radius 3 is 2.66 bits per heavy atom. The molecular formula is C26H27N3O3. The lowest BCUT2D eigenvalue weighted by Gasteiger charge is -2.24. The van der Waals surface area contributed by atoms with E-state index in [2.05, 4.69) is 30.1 Å². The number of carbonyl (C=O) groups is 1. The van der Waals surface area contributed by atoms with Crippen LogP contribution in [-0.2, 0) is 17.9 Å². The number of benzene rings is 2. The third kappa shape index (κ3) is 6.32. The predicted molar refractivity (Wildman–Crippen MR) is 122 cm³/mol. The number of carbonyl (C=O) groups excluding carboxylic acids is 1. The van der Waals surface area contributed by atoms with Gasteiger partial charge >= 0.3 is 0 Å². The summed E-state index contributed by atoms with van der Waals surface area (Å²) >= 11 is 0. The summed E-state index contributed by atoms with van der Waals surface area (Å²) in [6.07, 6.45) is 4.45. The Morgan fingerprint density at radius 1 is 1.09 bits per heavy atom. The van der Waals surface area contributed by atoms with E-state index in [4.69, 9.17) is 14.7 Å². The first-order chi connectivity index (χ1) is 15.6. The van der Waals surface area contributed by atoms with E-state index < -0.39 is 0 Å². The van der Waals surface area contributed by atoms with Gasteiger partial charge in [-0.25, -0.2) is 0 Å². The summed E-state index contributed by atoms with van der Waals surface area (Å²) in [7, 11) is 1.54. The summed E-state index contributed by atoms with van der Waals surface area (Å²) in [6, 6.07) is 19.1. The number of hydrogen-bond acceptors (Lipinski definition) is 5. The molecule has 3 rings (SSSR count). The second-order valence-corrected chi connectivity index (χ2v) is 7.47. The van der Waals surface area contributed by atoms with E-state index in [9.17, 15) is 4.79 Å². The van der Waals surface area contributed by atoms with Crippen LogP contribution in [0.1, 0.15) is 35.1 Å². The molecule has 0 saturated carbocycles. The van der Waals surface area contributed by atoms with Gasteiger partial charge in [0, 0.05) is 38.0 Å². The molecule has 0 atom stereocenters. The number of nitriles is 1. The van der Waals surface area contributed by atoms with E-state index in [0.29, 0.717) is 49.6 Å². The zero-order valence-corrected chi connectivity index (χ0v) is 18.5. The van der Waals surface area contributed by atoms with Crippen LogP contribution in [0.2, 0.25) is 0 Å². The molecule has 1 heterocycles. The molecule has 0 N–H and O–H groups in total. The minimum atomic E-state index is 0.0625. The first kappa shape index (κ1) is 22.8. The van der Waals surface area contributed by atoms with Gasteiger partial charge in [-0.05, 0) is 48.2 Å². The number of ether oxygens (including phenoxy) is 2. The van der Waals surface area contributed by atoms with Crippen LogP contribution in [-0.4, -0.2) is 29.5 Å². The molecule has 0 radical (unpaired) electrons. The standard InChI is InChI=1S/C26H27N3O3/c1-20-7-3-4-9-23(20)19-29(18-22-8-5-13-28-17-22)26(30)10-6-14-32-24-12-11-21(16-27)15-25(24)31-2/h3-5,7-9,11-13,15,17H,6,10,14,18-19H2,1-2H3. The number of pyridine rings is 1. The molecule has 6 heteroatoms. The minimum Gasteiger partial charge on any atom is -0.493 e. The van der Waals surface area contributed by atoms with Gasteiger partial charge in [-0.15, -0.1) is 0 Å². The highest BCUT2D eigenvalue weighted by Crippen LogP contribution is 2.28. The van der Waals surface area contributed by atoms with Crippen LogP contribution >= 0.6 is 0 Å². The van der Waals surface area contributed by atoms with Gasteiger partial charge in [0.2, 0.25) is 5.91 Å². The fraction of sp³-hybridized carbons (Fsp3) is 0.269. The fourth-order valence-corrected chi connectivity index (χ4v) is 3.36. The number of methoxy groups -OCH3 is 1. The lowest BCUT2D eigenvalue weighted by atomic mass is 10.1. The molecule has 1 amide bonds. The van der Waals surface area contributed by atoms with Gasteiger partial charge in [0.25, 0.3) is 0 Å². The maximum absolute atomic E-state index is 13.1. The molecule has 0 fully saturated rings. The smallest absolute Gasteiger partial charge is 0.223 e. The fourth-order valence-electron chi connectivity index (χ4n) is 3.36. The van der Waals surface area contributed by atoms with Gasteiger partial charge in [-0.2, -0.15) is 5.26 Å². The molecule has 0 unspecified atom stereocenters. The van der Waals surface area contributed by atoms with Crippen LogP contribution in [0.25, 0.3) is 0 Å². The second kappa shape index (κ2) is 11.5. The van der Waals surface area contributed by atoms with Crippen LogP contribution in [0.15, 0.2) is 67.0 Å². The number of amides is 1. The van der Waals surface area contributed by atoms with Crippen molar-refractivity contribution in [3.63, 3.8) is 0 Å². The van der Waals surface area contributed by atoms with Gasteiger partial charge in [0.1, 0.15) is 0 Å². The molecule has 0 aliphatic carbocycles. The molecule has 6 nitrogen and oxygen atoms in total. The summed E-state index contributed by atoms with van der Waals surface area (Å²) < 4.78 is 11.1. The second-order valence-electron chi connectivity index (χ2n) is 7.47. The average Bonchev–Trinajstić information content (AvgIpc) is 2.83. The minimum absolute atomic E-state index is 0.0625. The maximum Gasteiger partial charge on any atom is 0.223 e. The normalized spacial score (nSPS) is 10.3. The van der Waals surface area contributed by atoms with Gasteiger partial charge in [-0.1, -0.05) is 30.3 Å². The number of nitrogens with zero attached hydrogens (tertiary/aromatic N) is 3. The zero-order valence-electron chi connectivity index (χ0n) is 18.5. The maximum atomic E-state index is 13.1. The first-order valence-electron chi connectivity index (χ1n) is 10.5. The largest absolute Gasteiger partial charge is 0.493 e. The molecule has 0 bridgehead atoms. The zero-order chi connectivity index (χ0) is 22.8. The molecule has 0 saturated heterocycles. The third-order valence-electron chi connectivity index (χ3n) is 5.16. The van der Waals surface area contributed by atoms with Crippen molar-refractivity contribution in [3.8, 4) is 17.6 Å². The summed E-state index contributed by atoms with van der Waals surface area (Å²) in [4.78, 5) is 19.1. The van der Waals surface area contributed by atoms with Gasteiger partial charge in [0.15, 0.2) is 11.5 Å². The van der Waals surface area contributed by atoms with Crippen molar-refractivity contribution in [2.75, 3.05) is 13.7 Å². The highest BCUT2D eigenvalue weighted by atomic mass is 16.5. The van der Waals surface area contributed by atoms with Crippen molar-refractivity contribution in [1.82, 2.24) is 9.88 Å². The van der Waals surface area contributed by atoms with E-state index >= 15 is 0 Å². The molecule has 2 aromatic carbocycles. The molecule has 164 valence electrons. The molecule has 1 aromatic heterocycles. The SMILES string of the molecule is COc1cc(C#N)ccc1OCCCC(=O)N(Cc1cccnc1)Cc1ccccc1C. The van der Waals surface area contributed by atoms with Crippen LogP contribution in [0.4, 0.5) is 0 Å². The highest BCUT2D eigenvalue weighted by Gasteiger charge is 2.16. The predicted octanol–water partition coefficient (Wildman–Crippen LogP) is 4.66. The number of rotatable bonds is 10. The molecule has 0 aliphatic heterocycles. The Kier molecular flexibility index (Phi) is 8.22. The van der Waals surface area contributed by atoms with Crippen molar-refractivity contribution in [3.05, 3.63) is 89.2 Å². The lowest BCUT2D eigenvalue weighted by Crippen LogP contribution is -2.30. The molecule has 3 aromatic rings. The average molecular weight is 430 g/mol. The van der Waals surface area contributed by atoms with Crippen molar-refractivity contribution >= 4 is 5.91 Å².